The van der Waals surface area contributed by atoms with Gasteiger partial charge in [-0.1, -0.05) is 42.5 Å². The topological polar surface area (TPSA) is 86.9 Å². The van der Waals surface area contributed by atoms with Crippen molar-refractivity contribution in [1.82, 2.24) is 4.57 Å². The summed E-state index contributed by atoms with van der Waals surface area (Å²) in [6.45, 7) is 0. The number of anilines is 1. The van der Waals surface area contributed by atoms with Crippen molar-refractivity contribution in [1.29, 1.82) is 0 Å². The average molecular weight is 411 g/mol. The van der Waals surface area contributed by atoms with Crippen LogP contribution in [0.5, 0.6) is 11.5 Å². The van der Waals surface area contributed by atoms with Crippen molar-refractivity contribution in [3.63, 3.8) is 0 Å². The van der Waals surface area contributed by atoms with Gasteiger partial charge in [-0.2, -0.15) is 0 Å². The van der Waals surface area contributed by atoms with Gasteiger partial charge in [0.25, 0.3) is 5.56 Å². The standard InChI is InChI=1S/C25H21N3O3/c1-28-21-12-6-2-9-16(21)24(30)23(25(28)31)20-14-19(15-8-3-7-13-22(15)29)26-17-10-4-5-11-18(17)27-20/h2-13,19,26,29-30H,14H2,1H3. The zero-order valence-corrected chi connectivity index (χ0v) is 16.9. The van der Waals surface area contributed by atoms with Gasteiger partial charge in [0.15, 0.2) is 0 Å². The molecule has 0 aliphatic carbocycles. The molecule has 5 rings (SSSR count). The van der Waals surface area contributed by atoms with Crippen molar-refractivity contribution >= 4 is 28.0 Å². The lowest BCUT2D eigenvalue weighted by Gasteiger charge is -2.20. The average Bonchev–Trinajstić information content (AvgIpc) is 2.97. The Balaban J connectivity index is 1.76. The predicted octanol–water partition coefficient (Wildman–Crippen LogP) is 4.63. The van der Waals surface area contributed by atoms with Gasteiger partial charge in [0.2, 0.25) is 0 Å². The Hall–Kier alpha value is -4.06. The number of hydrogen-bond acceptors (Lipinski definition) is 5. The molecule has 2 heterocycles. The summed E-state index contributed by atoms with van der Waals surface area (Å²) in [5, 5.41) is 25.6. The number of aromatic nitrogens is 1. The van der Waals surface area contributed by atoms with E-state index in [1.54, 1.807) is 31.3 Å². The van der Waals surface area contributed by atoms with Gasteiger partial charge in [-0.15, -0.1) is 0 Å². The third-order valence-corrected chi connectivity index (χ3v) is 5.76. The summed E-state index contributed by atoms with van der Waals surface area (Å²) in [5.41, 5.74) is 3.15. The van der Waals surface area contributed by atoms with E-state index in [4.69, 9.17) is 4.99 Å². The molecule has 3 aromatic carbocycles. The van der Waals surface area contributed by atoms with Crippen LogP contribution in [-0.2, 0) is 7.05 Å². The number of para-hydroxylation sites is 4. The van der Waals surface area contributed by atoms with Crippen molar-refractivity contribution in [2.45, 2.75) is 12.5 Å². The van der Waals surface area contributed by atoms with Gasteiger partial charge in [-0.05, 0) is 30.3 Å². The number of aliphatic imine (C=N–C) groups is 1. The molecule has 1 aliphatic rings. The van der Waals surface area contributed by atoms with Gasteiger partial charge < -0.3 is 20.1 Å². The number of fused-ring (bicyclic) bond motifs is 2. The Morgan fingerprint density at radius 3 is 2.52 bits per heavy atom. The highest BCUT2D eigenvalue weighted by Crippen LogP contribution is 2.39. The zero-order chi connectivity index (χ0) is 21.5. The minimum absolute atomic E-state index is 0.0761. The number of phenols is 1. The maximum atomic E-state index is 13.3. The van der Waals surface area contributed by atoms with Crippen molar-refractivity contribution in [3.05, 3.63) is 94.3 Å². The van der Waals surface area contributed by atoms with E-state index in [9.17, 15) is 15.0 Å². The summed E-state index contributed by atoms with van der Waals surface area (Å²) >= 11 is 0. The molecular formula is C25H21N3O3. The van der Waals surface area contributed by atoms with Gasteiger partial charge in [0, 0.05) is 24.4 Å². The van der Waals surface area contributed by atoms with Crippen molar-refractivity contribution < 1.29 is 10.2 Å². The third-order valence-electron chi connectivity index (χ3n) is 5.76. The number of phenolic OH excluding ortho intramolecular Hbond substituents is 1. The van der Waals surface area contributed by atoms with Gasteiger partial charge in [0.05, 0.1) is 28.6 Å². The summed E-state index contributed by atoms with van der Waals surface area (Å²) in [4.78, 5) is 18.1. The largest absolute Gasteiger partial charge is 0.508 e. The highest BCUT2D eigenvalue weighted by molar-refractivity contribution is 6.09. The van der Waals surface area contributed by atoms with Crippen LogP contribution in [0.25, 0.3) is 10.9 Å². The predicted molar refractivity (Wildman–Crippen MR) is 123 cm³/mol. The molecule has 3 N–H and O–H groups in total. The fourth-order valence-electron chi connectivity index (χ4n) is 4.18. The maximum absolute atomic E-state index is 13.3. The van der Waals surface area contributed by atoms with Crippen molar-refractivity contribution in [3.8, 4) is 11.5 Å². The van der Waals surface area contributed by atoms with E-state index in [1.165, 1.54) is 4.57 Å². The summed E-state index contributed by atoms with van der Waals surface area (Å²) < 4.78 is 1.53. The molecule has 0 saturated carbocycles. The second kappa shape index (κ2) is 7.32. The molecule has 1 aromatic heterocycles. The molecule has 0 radical (unpaired) electrons. The normalized spacial score (nSPS) is 15.6. The molecule has 1 atom stereocenters. The minimum atomic E-state index is -0.334. The number of hydrogen-bond donors (Lipinski definition) is 3. The van der Waals surface area contributed by atoms with Crippen LogP contribution < -0.4 is 10.9 Å². The Kier molecular flexibility index (Phi) is 4.47. The van der Waals surface area contributed by atoms with Crippen LogP contribution in [0, 0.1) is 0 Å². The number of aryl methyl sites for hydroxylation is 1. The van der Waals surface area contributed by atoms with Crippen LogP contribution in [0.1, 0.15) is 23.6 Å². The number of aromatic hydroxyl groups is 2. The highest BCUT2D eigenvalue weighted by atomic mass is 16.3. The lowest BCUT2D eigenvalue weighted by molar-refractivity contribution is 0.464. The van der Waals surface area contributed by atoms with E-state index in [-0.39, 0.29) is 28.7 Å². The lowest BCUT2D eigenvalue weighted by atomic mass is 9.96. The van der Waals surface area contributed by atoms with E-state index in [0.717, 1.165) is 5.69 Å². The highest BCUT2D eigenvalue weighted by Gasteiger charge is 2.27. The Bertz CT molecular complexity index is 1410. The summed E-state index contributed by atoms with van der Waals surface area (Å²) in [6.07, 6.45) is 0.313. The molecular weight excluding hydrogens is 390 g/mol. The first-order valence-electron chi connectivity index (χ1n) is 10.1. The van der Waals surface area contributed by atoms with Crippen LogP contribution in [0.2, 0.25) is 0 Å². The first kappa shape index (κ1) is 18.9. The van der Waals surface area contributed by atoms with Crippen LogP contribution >= 0.6 is 0 Å². The van der Waals surface area contributed by atoms with Crippen LogP contribution in [0.15, 0.2) is 82.6 Å². The van der Waals surface area contributed by atoms with E-state index >= 15 is 0 Å². The molecule has 0 spiro atoms. The fourth-order valence-corrected chi connectivity index (χ4v) is 4.18. The molecule has 0 bridgehead atoms. The van der Waals surface area contributed by atoms with Crippen LogP contribution in [-0.4, -0.2) is 20.5 Å². The van der Waals surface area contributed by atoms with E-state index in [1.807, 2.05) is 48.5 Å². The van der Waals surface area contributed by atoms with E-state index < -0.39 is 0 Å². The van der Waals surface area contributed by atoms with Crippen molar-refractivity contribution in [2.75, 3.05) is 5.32 Å². The zero-order valence-electron chi connectivity index (χ0n) is 16.9. The molecule has 4 aromatic rings. The second-order valence-corrected chi connectivity index (χ2v) is 7.64. The second-order valence-electron chi connectivity index (χ2n) is 7.64. The molecule has 0 fully saturated rings. The molecule has 31 heavy (non-hydrogen) atoms. The van der Waals surface area contributed by atoms with Gasteiger partial charge in [0.1, 0.15) is 17.1 Å². The number of nitrogens with zero attached hydrogens (tertiary/aromatic N) is 2. The summed E-state index contributed by atoms with van der Waals surface area (Å²) in [7, 11) is 1.69. The smallest absolute Gasteiger partial charge is 0.263 e. The lowest BCUT2D eigenvalue weighted by Crippen LogP contribution is -2.26. The Morgan fingerprint density at radius 2 is 1.68 bits per heavy atom. The SMILES string of the molecule is Cn1c(=O)c(C2=Nc3ccccc3NC(c3ccccc3O)C2)c(O)c2ccccc21. The maximum Gasteiger partial charge on any atom is 0.263 e. The molecule has 154 valence electrons. The Morgan fingerprint density at radius 1 is 0.968 bits per heavy atom. The van der Waals surface area contributed by atoms with E-state index in [2.05, 4.69) is 5.32 Å². The van der Waals surface area contributed by atoms with Gasteiger partial charge >= 0.3 is 0 Å². The number of pyridine rings is 1. The minimum Gasteiger partial charge on any atom is -0.508 e. The fraction of sp³-hybridized carbons (Fsp3) is 0.120. The third kappa shape index (κ3) is 3.13. The molecule has 6 heteroatoms. The molecule has 0 saturated heterocycles. The number of benzene rings is 3. The first-order valence-corrected chi connectivity index (χ1v) is 10.1. The molecule has 1 unspecified atom stereocenters. The molecule has 0 amide bonds. The Labute approximate surface area is 178 Å². The summed E-state index contributed by atoms with van der Waals surface area (Å²) in [5.74, 6) is 0.0854. The summed E-state index contributed by atoms with van der Waals surface area (Å²) in [6, 6.07) is 21.6. The number of rotatable bonds is 2. The monoisotopic (exact) mass is 411 g/mol. The van der Waals surface area contributed by atoms with Crippen LogP contribution in [0.4, 0.5) is 11.4 Å². The number of nitrogens with one attached hydrogen (secondary N) is 1. The van der Waals surface area contributed by atoms with Gasteiger partial charge in [-0.25, -0.2) is 0 Å². The quantitative estimate of drug-likeness (QED) is 0.449. The molecule has 1 aliphatic heterocycles. The van der Waals surface area contributed by atoms with Crippen LogP contribution in [0.3, 0.4) is 0 Å². The first-order chi connectivity index (χ1) is 15.0. The van der Waals surface area contributed by atoms with E-state index in [0.29, 0.717) is 34.3 Å². The van der Waals surface area contributed by atoms with Crippen molar-refractivity contribution in [2.24, 2.45) is 12.0 Å². The molecule has 6 nitrogen and oxygen atoms in total. The van der Waals surface area contributed by atoms with Gasteiger partial charge in [-0.3, -0.25) is 9.79 Å².